The van der Waals surface area contributed by atoms with Crippen LogP contribution in [0.5, 0.6) is 0 Å². The van der Waals surface area contributed by atoms with E-state index in [4.69, 9.17) is 5.73 Å². The van der Waals surface area contributed by atoms with E-state index in [1.54, 1.807) is 6.92 Å². The number of hydrogen-bond acceptors (Lipinski definition) is 2. The van der Waals surface area contributed by atoms with Gasteiger partial charge in [0.25, 0.3) is 0 Å². The fraction of sp³-hybridized carbons (Fsp3) is 0.562. The monoisotopic (exact) mass is 296 g/mol. The van der Waals surface area contributed by atoms with Gasteiger partial charge in [-0.15, -0.1) is 0 Å². The molecule has 116 valence electrons. The first-order valence-corrected chi connectivity index (χ1v) is 7.42. The van der Waals surface area contributed by atoms with Crippen LogP contribution in [0.25, 0.3) is 0 Å². The zero-order valence-electron chi connectivity index (χ0n) is 12.3. The molecule has 0 radical (unpaired) electrons. The number of halogens is 2. The molecular weight excluding hydrogens is 274 g/mol. The Morgan fingerprint density at radius 3 is 2.43 bits per heavy atom. The molecule has 5 heteroatoms. The quantitative estimate of drug-likeness (QED) is 0.877. The first kappa shape index (κ1) is 15.9. The molecule has 0 saturated heterocycles. The molecule has 21 heavy (non-hydrogen) atoms. The maximum atomic E-state index is 13.6. The minimum Gasteiger partial charge on any atom is -0.353 e. The van der Waals surface area contributed by atoms with Gasteiger partial charge in [0.2, 0.25) is 5.91 Å². The standard InChI is InChI=1S/C16H22F2N2O/c1-11(9-12-13(17)5-4-6-14(12)18)20-15(21)16(10-19)7-2-3-8-16/h4-6,11H,2-3,7-10,19H2,1H3,(H,20,21). The van der Waals surface area contributed by atoms with Crippen molar-refractivity contribution in [1.29, 1.82) is 0 Å². The smallest absolute Gasteiger partial charge is 0.227 e. The lowest BCUT2D eigenvalue weighted by atomic mass is 9.85. The van der Waals surface area contributed by atoms with Gasteiger partial charge in [0.15, 0.2) is 0 Å². The number of nitrogens with two attached hydrogens (primary N) is 1. The van der Waals surface area contributed by atoms with Gasteiger partial charge in [0.1, 0.15) is 11.6 Å². The molecule has 0 aromatic heterocycles. The van der Waals surface area contributed by atoms with Gasteiger partial charge >= 0.3 is 0 Å². The zero-order chi connectivity index (χ0) is 15.5. The molecule has 1 amide bonds. The molecule has 1 aromatic carbocycles. The number of benzene rings is 1. The topological polar surface area (TPSA) is 55.1 Å². The first-order chi connectivity index (χ1) is 9.98. The van der Waals surface area contributed by atoms with E-state index in [0.717, 1.165) is 25.7 Å². The molecule has 1 saturated carbocycles. The summed E-state index contributed by atoms with van der Waals surface area (Å²) >= 11 is 0. The molecule has 0 spiro atoms. The number of carbonyl (C=O) groups excluding carboxylic acids is 1. The van der Waals surface area contributed by atoms with E-state index in [0.29, 0.717) is 6.54 Å². The highest BCUT2D eigenvalue weighted by atomic mass is 19.1. The lowest BCUT2D eigenvalue weighted by Crippen LogP contribution is -2.47. The van der Waals surface area contributed by atoms with E-state index in [2.05, 4.69) is 5.32 Å². The van der Waals surface area contributed by atoms with E-state index < -0.39 is 17.0 Å². The second kappa shape index (κ2) is 6.52. The number of carbonyl (C=O) groups is 1. The second-order valence-corrected chi connectivity index (χ2v) is 5.97. The van der Waals surface area contributed by atoms with E-state index in [1.165, 1.54) is 18.2 Å². The second-order valence-electron chi connectivity index (χ2n) is 5.97. The van der Waals surface area contributed by atoms with Crippen molar-refractivity contribution in [2.24, 2.45) is 11.1 Å². The van der Waals surface area contributed by atoms with Crippen molar-refractivity contribution in [2.75, 3.05) is 6.54 Å². The van der Waals surface area contributed by atoms with Crippen molar-refractivity contribution in [1.82, 2.24) is 5.32 Å². The molecule has 2 rings (SSSR count). The molecule has 1 atom stereocenters. The van der Waals surface area contributed by atoms with Gasteiger partial charge in [-0.05, 0) is 38.3 Å². The summed E-state index contributed by atoms with van der Waals surface area (Å²) in [6.45, 7) is 2.07. The normalized spacial score (nSPS) is 18.5. The minimum absolute atomic E-state index is 0.0125. The van der Waals surface area contributed by atoms with Crippen molar-refractivity contribution >= 4 is 5.91 Å². The lowest BCUT2D eigenvalue weighted by molar-refractivity contribution is -0.130. The van der Waals surface area contributed by atoms with Gasteiger partial charge in [-0.1, -0.05) is 18.9 Å². The summed E-state index contributed by atoms with van der Waals surface area (Å²) in [6.07, 6.45) is 3.71. The van der Waals surface area contributed by atoms with Gasteiger partial charge in [0.05, 0.1) is 5.41 Å². The minimum atomic E-state index is -0.578. The Morgan fingerprint density at radius 2 is 1.90 bits per heavy atom. The Morgan fingerprint density at radius 1 is 1.33 bits per heavy atom. The van der Waals surface area contributed by atoms with Crippen LogP contribution in [0, 0.1) is 17.0 Å². The highest BCUT2D eigenvalue weighted by Gasteiger charge is 2.40. The van der Waals surface area contributed by atoms with Gasteiger partial charge in [-0.25, -0.2) is 8.78 Å². The molecule has 1 aromatic rings. The van der Waals surface area contributed by atoms with Crippen LogP contribution in [-0.2, 0) is 11.2 Å². The Bertz CT molecular complexity index is 493. The molecule has 0 heterocycles. The van der Waals surface area contributed by atoms with Crippen LogP contribution in [0.4, 0.5) is 8.78 Å². The van der Waals surface area contributed by atoms with Crippen molar-refractivity contribution in [2.45, 2.75) is 45.1 Å². The van der Waals surface area contributed by atoms with Crippen LogP contribution < -0.4 is 11.1 Å². The zero-order valence-corrected chi connectivity index (χ0v) is 12.3. The molecule has 1 fully saturated rings. The van der Waals surface area contributed by atoms with Gasteiger partial charge < -0.3 is 11.1 Å². The number of hydrogen-bond donors (Lipinski definition) is 2. The van der Waals surface area contributed by atoms with Gasteiger partial charge in [0, 0.05) is 18.2 Å². The summed E-state index contributed by atoms with van der Waals surface area (Å²) in [5, 5.41) is 2.86. The third-order valence-electron chi connectivity index (χ3n) is 4.38. The van der Waals surface area contributed by atoms with Gasteiger partial charge in [-0.3, -0.25) is 4.79 Å². The predicted octanol–water partition coefficient (Wildman–Crippen LogP) is 2.53. The maximum absolute atomic E-state index is 13.6. The van der Waals surface area contributed by atoms with Crippen molar-refractivity contribution in [3.8, 4) is 0 Å². The van der Waals surface area contributed by atoms with E-state index in [9.17, 15) is 13.6 Å². The third kappa shape index (κ3) is 3.40. The summed E-state index contributed by atoms with van der Waals surface area (Å²) in [4.78, 5) is 12.4. The van der Waals surface area contributed by atoms with Gasteiger partial charge in [-0.2, -0.15) is 0 Å². The van der Waals surface area contributed by atoms with Crippen LogP contribution in [0.1, 0.15) is 38.2 Å². The fourth-order valence-electron chi connectivity index (χ4n) is 3.04. The Balaban J connectivity index is 2.01. The average molecular weight is 296 g/mol. The summed E-state index contributed by atoms with van der Waals surface area (Å²) in [6, 6.07) is 3.45. The Hall–Kier alpha value is -1.49. The van der Waals surface area contributed by atoms with Crippen LogP contribution in [0.3, 0.4) is 0 Å². The SMILES string of the molecule is CC(Cc1c(F)cccc1F)NC(=O)C1(CN)CCCC1. The summed E-state index contributed by atoms with van der Waals surface area (Å²) < 4.78 is 27.2. The molecule has 3 nitrogen and oxygen atoms in total. The Labute approximate surface area is 123 Å². The summed E-state index contributed by atoms with van der Waals surface area (Å²) in [5.41, 5.74) is 5.28. The number of amides is 1. The van der Waals surface area contributed by atoms with E-state index >= 15 is 0 Å². The molecule has 3 N–H and O–H groups in total. The summed E-state index contributed by atoms with van der Waals surface area (Å²) in [7, 11) is 0. The number of nitrogens with one attached hydrogen (secondary N) is 1. The van der Waals surface area contributed by atoms with Crippen LogP contribution in [0.2, 0.25) is 0 Å². The molecular formula is C16H22F2N2O. The Kier molecular flexibility index (Phi) is 4.93. The molecule has 0 bridgehead atoms. The molecule has 1 aliphatic rings. The molecule has 1 aliphatic carbocycles. The largest absolute Gasteiger partial charge is 0.353 e. The molecule has 0 aliphatic heterocycles. The average Bonchev–Trinajstić information content (AvgIpc) is 2.93. The molecule has 1 unspecified atom stereocenters. The van der Waals surface area contributed by atoms with Crippen LogP contribution in [0.15, 0.2) is 18.2 Å². The highest BCUT2D eigenvalue weighted by molar-refractivity contribution is 5.83. The maximum Gasteiger partial charge on any atom is 0.227 e. The lowest BCUT2D eigenvalue weighted by Gasteiger charge is -2.28. The predicted molar refractivity (Wildman–Crippen MR) is 77.6 cm³/mol. The van der Waals surface area contributed by atoms with Crippen molar-refractivity contribution < 1.29 is 13.6 Å². The summed E-state index contributed by atoms with van der Waals surface area (Å²) in [5.74, 6) is -1.25. The van der Waals surface area contributed by atoms with E-state index in [-0.39, 0.29) is 23.9 Å². The first-order valence-electron chi connectivity index (χ1n) is 7.42. The van der Waals surface area contributed by atoms with Crippen molar-refractivity contribution in [3.63, 3.8) is 0 Å². The highest BCUT2D eigenvalue weighted by Crippen LogP contribution is 2.37. The fourth-order valence-corrected chi connectivity index (χ4v) is 3.04. The van der Waals surface area contributed by atoms with Crippen molar-refractivity contribution in [3.05, 3.63) is 35.4 Å². The number of rotatable bonds is 5. The van der Waals surface area contributed by atoms with E-state index in [1.807, 2.05) is 0 Å². The van der Waals surface area contributed by atoms with Crippen LogP contribution in [-0.4, -0.2) is 18.5 Å². The third-order valence-corrected chi connectivity index (χ3v) is 4.38. The van der Waals surface area contributed by atoms with Crippen LogP contribution >= 0.6 is 0 Å².